The smallest absolute Gasteiger partial charge is 0.132 e. The largest absolute Gasteiger partial charge is 0.330 e. The van der Waals surface area contributed by atoms with E-state index in [1.54, 1.807) is 24.6 Å². The van der Waals surface area contributed by atoms with Crippen molar-refractivity contribution in [2.75, 3.05) is 0 Å². The molecule has 6 rings (SSSR count). The number of aliphatic imine (C=N–C) groups is 1. The fourth-order valence-electron chi connectivity index (χ4n) is 4.75. The van der Waals surface area contributed by atoms with Gasteiger partial charge in [-0.05, 0) is 65.1 Å². The third kappa shape index (κ3) is 4.68. The maximum atomic E-state index is 5.08. The standard InChI is InChI=1S/C35H24N4/c1-3-4-12-25(28-18-9-16-26-13-5-6-14-27(26)23-28)17-10-20-32-38-34-30-19-11-22-37-33(30)31-24-29(35(34)39(32)2)15-7-8-21-36-31/h3-6,8-11,13-17,19,21-23H,1,20H2,2H3/b17-10-,36-21?. The van der Waals surface area contributed by atoms with Gasteiger partial charge >= 0.3 is 0 Å². The van der Waals surface area contributed by atoms with Gasteiger partial charge in [0.1, 0.15) is 17.2 Å². The van der Waals surface area contributed by atoms with Crippen LogP contribution in [0.4, 0.5) is 0 Å². The molecule has 1 aliphatic heterocycles. The molecule has 3 aromatic rings. The van der Waals surface area contributed by atoms with Crippen LogP contribution >= 0.6 is 0 Å². The minimum atomic E-state index is 0.625. The summed E-state index contributed by atoms with van der Waals surface area (Å²) in [6, 6.07) is 12.3. The van der Waals surface area contributed by atoms with E-state index in [0.717, 1.165) is 55.6 Å². The van der Waals surface area contributed by atoms with E-state index in [1.165, 1.54) is 0 Å². The lowest BCUT2D eigenvalue weighted by atomic mass is 10.0. The lowest BCUT2D eigenvalue weighted by Gasteiger charge is -2.05. The zero-order chi connectivity index (χ0) is 26.6. The first-order chi connectivity index (χ1) is 19.2. The Balaban J connectivity index is 1.40. The molecule has 2 aromatic heterocycles. The summed E-state index contributed by atoms with van der Waals surface area (Å²) in [5.41, 5.74) is 20.4. The van der Waals surface area contributed by atoms with Crippen LogP contribution in [0, 0.1) is 0 Å². The van der Waals surface area contributed by atoms with Crippen LogP contribution in [0.5, 0.6) is 0 Å². The van der Waals surface area contributed by atoms with Gasteiger partial charge in [0.05, 0.1) is 17.0 Å². The number of allylic oxidation sites excluding steroid dienone is 7. The third-order valence-electron chi connectivity index (χ3n) is 6.61. The topological polar surface area (TPSA) is 43.1 Å². The molecule has 39 heavy (non-hydrogen) atoms. The summed E-state index contributed by atoms with van der Waals surface area (Å²) in [7, 11) is 2.04. The molecule has 0 saturated heterocycles. The molecule has 0 N–H and O–H groups in total. The van der Waals surface area contributed by atoms with Crippen LogP contribution in [0.3, 0.4) is 0 Å². The molecule has 3 aliphatic rings. The number of benzene rings is 1. The Morgan fingerprint density at radius 2 is 2.00 bits per heavy atom. The molecule has 4 heteroatoms. The number of hydrogen-bond acceptors (Lipinski definition) is 3. The van der Waals surface area contributed by atoms with Crippen LogP contribution in [-0.4, -0.2) is 20.7 Å². The molecule has 0 radical (unpaired) electrons. The Morgan fingerprint density at radius 1 is 1.10 bits per heavy atom. The van der Waals surface area contributed by atoms with Crippen LogP contribution < -0.4 is 10.4 Å². The van der Waals surface area contributed by atoms with E-state index < -0.39 is 0 Å². The van der Waals surface area contributed by atoms with Gasteiger partial charge in [0.15, 0.2) is 0 Å². The van der Waals surface area contributed by atoms with Gasteiger partial charge in [-0.25, -0.2) is 9.98 Å². The van der Waals surface area contributed by atoms with E-state index >= 15 is 0 Å². The first-order valence-electron chi connectivity index (χ1n) is 12.7. The Hall–Kier alpha value is -5.45. The second kappa shape index (κ2) is 10.5. The molecule has 3 heterocycles. The van der Waals surface area contributed by atoms with Crippen molar-refractivity contribution in [1.82, 2.24) is 14.5 Å². The highest BCUT2D eigenvalue weighted by atomic mass is 15.1. The maximum absolute atomic E-state index is 5.08. The van der Waals surface area contributed by atoms with E-state index in [4.69, 9.17) is 4.98 Å². The van der Waals surface area contributed by atoms with Gasteiger partial charge in [-0.15, -0.1) is 17.2 Å². The first kappa shape index (κ1) is 23.9. The number of hydrogen-bond donors (Lipinski definition) is 0. The number of imidazole rings is 1. The molecule has 2 bridgehead atoms. The second-order valence-electron chi connectivity index (χ2n) is 9.06. The molecular weight excluding hydrogens is 476 g/mol. The summed E-state index contributed by atoms with van der Waals surface area (Å²) in [4.78, 5) is 14.3. The molecule has 0 atom stereocenters. The lowest BCUT2D eigenvalue weighted by molar-refractivity contribution is 0.820. The minimum absolute atomic E-state index is 0.625. The van der Waals surface area contributed by atoms with Crippen LogP contribution in [-0.2, 0) is 13.5 Å². The van der Waals surface area contributed by atoms with Crippen molar-refractivity contribution in [2.24, 2.45) is 12.0 Å². The Morgan fingerprint density at radius 3 is 2.90 bits per heavy atom. The van der Waals surface area contributed by atoms with Crippen molar-refractivity contribution in [3.63, 3.8) is 0 Å². The number of nitrogens with zero attached hydrogens (tertiary/aromatic N) is 4. The second-order valence-corrected chi connectivity index (χ2v) is 9.06. The Labute approximate surface area is 227 Å². The van der Waals surface area contributed by atoms with Gasteiger partial charge in [-0.3, -0.25) is 4.98 Å². The van der Waals surface area contributed by atoms with E-state index in [-0.39, 0.29) is 0 Å². The monoisotopic (exact) mass is 500 g/mol. The number of rotatable bonds is 5. The predicted molar refractivity (Wildman–Crippen MR) is 159 cm³/mol. The van der Waals surface area contributed by atoms with Crippen LogP contribution in [0.1, 0.15) is 17.2 Å². The molecular formula is C35H24N4. The molecule has 0 amide bonds. The third-order valence-corrected chi connectivity index (χ3v) is 6.61. The minimum Gasteiger partial charge on any atom is -0.330 e. The molecule has 0 spiro atoms. The van der Waals surface area contributed by atoms with Gasteiger partial charge in [-0.1, -0.05) is 48.7 Å². The summed E-state index contributed by atoms with van der Waals surface area (Å²) in [6.45, 7) is 3.82. The first-order valence-corrected chi connectivity index (χ1v) is 12.7. The number of fused-ring (bicyclic) bond motifs is 6. The SMILES string of the molecule is C=CC=C=C(/C=C\Cc1nc2c(n1C)C1=C=C(N=CC=C=C1)c1ncccc1-2)C1=C=CC=c2ccccc2=C1. The molecule has 0 saturated carbocycles. The zero-order valence-electron chi connectivity index (χ0n) is 21.5. The van der Waals surface area contributed by atoms with E-state index in [9.17, 15) is 0 Å². The van der Waals surface area contributed by atoms with Crippen LogP contribution in [0.15, 0.2) is 131 Å². The van der Waals surface area contributed by atoms with Crippen molar-refractivity contribution >= 4 is 29.6 Å². The summed E-state index contributed by atoms with van der Waals surface area (Å²) in [5, 5.41) is 2.31. The zero-order valence-corrected chi connectivity index (χ0v) is 21.5. The number of pyridine rings is 1. The molecule has 0 fully saturated rings. The van der Waals surface area contributed by atoms with E-state index in [0.29, 0.717) is 12.1 Å². The van der Waals surface area contributed by atoms with Crippen LogP contribution in [0.25, 0.3) is 34.7 Å². The fraction of sp³-hybridized carbons (Fsp3) is 0.0571. The molecule has 2 aliphatic carbocycles. The normalized spacial score (nSPS) is 14.0. The van der Waals surface area contributed by atoms with E-state index in [2.05, 4.69) is 80.5 Å². The fourth-order valence-corrected chi connectivity index (χ4v) is 4.75. The van der Waals surface area contributed by atoms with Crippen molar-refractivity contribution in [3.8, 4) is 11.3 Å². The molecule has 184 valence electrons. The Bertz CT molecular complexity index is 1990. The van der Waals surface area contributed by atoms with Gasteiger partial charge in [-0.2, -0.15) is 0 Å². The molecule has 0 unspecified atom stereocenters. The van der Waals surface area contributed by atoms with Gasteiger partial charge in [0.25, 0.3) is 0 Å². The Kier molecular flexibility index (Phi) is 6.44. The predicted octanol–water partition coefficient (Wildman–Crippen LogP) is 5.34. The van der Waals surface area contributed by atoms with Crippen molar-refractivity contribution in [2.45, 2.75) is 6.42 Å². The summed E-state index contributed by atoms with van der Waals surface area (Å²) < 4.78 is 2.12. The van der Waals surface area contributed by atoms with Gasteiger partial charge < -0.3 is 4.57 Å². The van der Waals surface area contributed by atoms with Crippen LogP contribution in [0.2, 0.25) is 0 Å². The summed E-state index contributed by atoms with van der Waals surface area (Å²) in [5.74, 6) is 0.923. The number of aromatic nitrogens is 3. The highest BCUT2D eigenvalue weighted by Gasteiger charge is 2.24. The average molecular weight is 501 g/mol. The highest BCUT2D eigenvalue weighted by molar-refractivity contribution is 5.94. The highest BCUT2D eigenvalue weighted by Crippen LogP contribution is 2.37. The maximum Gasteiger partial charge on any atom is 0.132 e. The van der Waals surface area contributed by atoms with Gasteiger partial charge in [0, 0.05) is 42.6 Å². The summed E-state index contributed by atoms with van der Waals surface area (Å²) in [6.07, 6.45) is 21.7. The lowest BCUT2D eigenvalue weighted by Crippen LogP contribution is -2.23. The van der Waals surface area contributed by atoms with Crippen molar-refractivity contribution in [3.05, 3.63) is 153 Å². The summed E-state index contributed by atoms with van der Waals surface area (Å²) >= 11 is 0. The molecule has 1 aromatic carbocycles. The average Bonchev–Trinajstić information content (AvgIpc) is 3.07. The van der Waals surface area contributed by atoms with Gasteiger partial charge in [0.2, 0.25) is 0 Å². The van der Waals surface area contributed by atoms with E-state index in [1.807, 2.05) is 49.5 Å². The molecule has 4 nitrogen and oxygen atoms in total. The van der Waals surface area contributed by atoms with Crippen molar-refractivity contribution in [1.29, 1.82) is 0 Å². The van der Waals surface area contributed by atoms with Crippen molar-refractivity contribution < 1.29 is 0 Å². The quantitative estimate of drug-likeness (QED) is 0.351.